The van der Waals surface area contributed by atoms with Gasteiger partial charge >= 0.3 is 23.9 Å². The van der Waals surface area contributed by atoms with Gasteiger partial charge in [-0.05, 0) is 12.1 Å². The fourth-order valence-electron chi connectivity index (χ4n) is 3.18. The molecule has 0 saturated carbocycles. The molecule has 1 aromatic carbocycles. The molecule has 0 spiro atoms. The first-order valence-electron chi connectivity index (χ1n) is 9.60. The minimum absolute atomic E-state index is 0.181. The molecule has 0 radical (unpaired) electrons. The van der Waals surface area contributed by atoms with Crippen molar-refractivity contribution in [1.82, 2.24) is 0 Å². The van der Waals surface area contributed by atoms with Gasteiger partial charge in [-0.15, -0.1) is 0 Å². The van der Waals surface area contributed by atoms with Crippen molar-refractivity contribution in [3.05, 3.63) is 30.3 Å². The average Bonchev–Trinajstić information content (AvgIpc) is 2.70. The van der Waals surface area contributed by atoms with Crippen molar-refractivity contribution in [3.63, 3.8) is 0 Å². The lowest BCUT2D eigenvalue weighted by atomic mass is 9.84. The number of aldehydes is 1. The SMILES string of the molecule is CC(=O)OC[C@H]1OC(OC(C)=O)[C@H](OC(C)=O)[C@@H](OC(C)=O)[C@]1(C=O)Oc1ccccc1. The molecule has 11 nitrogen and oxygen atoms in total. The van der Waals surface area contributed by atoms with E-state index in [4.69, 9.17) is 28.4 Å². The van der Waals surface area contributed by atoms with Crippen LogP contribution in [-0.2, 0) is 47.7 Å². The van der Waals surface area contributed by atoms with E-state index in [0.717, 1.165) is 27.7 Å². The van der Waals surface area contributed by atoms with Crippen molar-refractivity contribution in [2.45, 2.75) is 57.9 Å². The van der Waals surface area contributed by atoms with E-state index in [1.165, 1.54) is 12.1 Å². The van der Waals surface area contributed by atoms with Gasteiger partial charge in [0.05, 0.1) is 0 Å². The maximum atomic E-state index is 12.5. The molecule has 2 rings (SSSR count). The second-order valence-electron chi connectivity index (χ2n) is 6.90. The van der Waals surface area contributed by atoms with Crippen molar-refractivity contribution < 1.29 is 52.4 Å². The van der Waals surface area contributed by atoms with Gasteiger partial charge in [-0.25, -0.2) is 0 Å². The highest BCUT2D eigenvalue weighted by molar-refractivity contribution is 5.72. The predicted octanol–water partition coefficient (Wildman–Crippen LogP) is 0.718. The largest absolute Gasteiger partial charge is 0.473 e. The van der Waals surface area contributed by atoms with E-state index in [2.05, 4.69) is 0 Å². The third-order valence-electron chi connectivity index (χ3n) is 4.35. The van der Waals surface area contributed by atoms with Crippen LogP contribution in [0.1, 0.15) is 27.7 Å². The molecule has 1 heterocycles. The monoisotopic (exact) mass is 452 g/mol. The second kappa shape index (κ2) is 10.7. The Bertz CT molecular complexity index is 853. The average molecular weight is 452 g/mol. The standard InChI is InChI=1S/C21H24O11/c1-12(23)27-10-17-21(11-22,32-16-8-6-5-7-9-16)19(29-14(3)25)18(28-13(2)24)20(31-17)30-15(4)26/h5-9,11,17-20H,10H2,1-4H3/t17-,18-,19-,20?,21-/m1/s1. The van der Waals surface area contributed by atoms with Crippen LogP contribution in [-0.4, -0.2) is 67.0 Å². The van der Waals surface area contributed by atoms with Crippen LogP contribution in [0.25, 0.3) is 0 Å². The van der Waals surface area contributed by atoms with Crippen LogP contribution in [0.5, 0.6) is 5.75 Å². The molecule has 0 bridgehead atoms. The van der Waals surface area contributed by atoms with Crippen molar-refractivity contribution in [3.8, 4) is 5.75 Å². The van der Waals surface area contributed by atoms with E-state index >= 15 is 0 Å². The lowest BCUT2D eigenvalue weighted by Gasteiger charge is -2.48. The molecule has 174 valence electrons. The highest BCUT2D eigenvalue weighted by atomic mass is 16.7. The zero-order valence-corrected chi connectivity index (χ0v) is 18.0. The third-order valence-corrected chi connectivity index (χ3v) is 4.35. The highest BCUT2D eigenvalue weighted by Crippen LogP contribution is 2.37. The van der Waals surface area contributed by atoms with Crippen LogP contribution in [0.3, 0.4) is 0 Å². The third kappa shape index (κ3) is 6.03. The molecular formula is C21H24O11. The first-order valence-corrected chi connectivity index (χ1v) is 9.60. The summed E-state index contributed by atoms with van der Waals surface area (Å²) in [6, 6.07) is 8.02. The number of hydrogen-bond acceptors (Lipinski definition) is 11. The van der Waals surface area contributed by atoms with Gasteiger partial charge in [0.15, 0.2) is 12.4 Å². The van der Waals surface area contributed by atoms with Crippen molar-refractivity contribution in [2.24, 2.45) is 0 Å². The number of carbonyl (C=O) groups is 5. The summed E-state index contributed by atoms with van der Waals surface area (Å²) >= 11 is 0. The summed E-state index contributed by atoms with van der Waals surface area (Å²) in [5, 5.41) is 0. The molecule has 0 amide bonds. The molecule has 1 aliphatic rings. The normalized spacial score (nSPS) is 26.9. The molecule has 1 aromatic rings. The Morgan fingerprint density at radius 3 is 2.00 bits per heavy atom. The number of para-hydroxylation sites is 1. The minimum atomic E-state index is -2.14. The zero-order valence-electron chi connectivity index (χ0n) is 18.0. The smallest absolute Gasteiger partial charge is 0.305 e. The second-order valence-corrected chi connectivity index (χ2v) is 6.90. The topological polar surface area (TPSA) is 141 Å². The molecule has 0 N–H and O–H groups in total. The Hall–Kier alpha value is -3.47. The van der Waals surface area contributed by atoms with Crippen molar-refractivity contribution >= 4 is 30.2 Å². The molecular weight excluding hydrogens is 428 g/mol. The lowest BCUT2D eigenvalue weighted by Crippen LogP contribution is -2.72. The van der Waals surface area contributed by atoms with E-state index in [9.17, 15) is 24.0 Å². The molecule has 1 aliphatic heterocycles. The number of esters is 4. The van der Waals surface area contributed by atoms with Crippen LogP contribution in [0, 0.1) is 0 Å². The van der Waals surface area contributed by atoms with Crippen LogP contribution in [0.15, 0.2) is 30.3 Å². The molecule has 1 saturated heterocycles. The summed E-state index contributed by atoms with van der Waals surface area (Å²) in [6.07, 6.45) is -5.89. The van der Waals surface area contributed by atoms with E-state index < -0.39 is 60.7 Å². The van der Waals surface area contributed by atoms with Gasteiger partial charge in [-0.3, -0.25) is 24.0 Å². The first-order chi connectivity index (χ1) is 15.1. The van der Waals surface area contributed by atoms with Gasteiger partial charge in [-0.1, -0.05) is 18.2 Å². The zero-order chi connectivity index (χ0) is 23.9. The highest BCUT2D eigenvalue weighted by Gasteiger charge is 2.63. The number of hydrogen-bond donors (Lipinski definition) is 0. The van der Waals surface area contributed by atoms with Gasteiger partial charge < -0.3 is 28.4 Å². The number of carbonyl (C=O) groups excluding carboxylic acids is 5. The van der Waals surface area contributed by atoms with Crippen LogP contribution < -0.4 is 4.74 Å². The number of benzene rings is 1. The maximum absolute atomic E-state index is 12.5. The van der Waals surface area contributed by atoms with E-state index in [1.807, 2.05) is 0 Å². The summed E-state index contributed by atoms with van der Waals surface area (Å²) in [6.45, 7) is 3.83. The number of rotatable bonds is 8. The predicted molar refractivity (Wildman–Crippen MR) is 104 cm³/mol. The summed E-state index contributed by atoms with van der Waals surface area (Å²) in [4.78, 5) is 59.3. The molecule has 1 unspecified atom stereocenters. The molecule has 1 fully saturated rings. The van der Waals surface area contributed by atoms with Gasteiger partial charge in [-0.2, -0.15) is 0 Å². The lowest BCUT2D eigenvalue weighted by molar-refractivity contribution is -0.310. The Balaban J connectivity index is 2.63. The van der Waals surface area contributed by atoms with Crippen LogP contribution >= 0.6 is 0 Å². The van der Waals surface area contributed by atoms with E-state index in [0.29, 0.717) is 6.29 Å². The molecule has 0 aliphatic carbocycles. The van der Waals surface area contributed by atoms with Crippen LogP contribution in [0.4, 0.5) is 0 Å². The molecule has 32 heavy (non-hydrogen) atoms. The van der Waals surface area contributed by atoms with Gasteiger partial charge in [0.25, 0.3) is 0 Å². The van der Waals surface area contributed by atoms with Gasteiger partial charge in [0.2, 0.25) is 18.0 Å². The van der Waals surface area contributed by atoms with Gasteiger partial charge in [0, 0.05) is 27.7 Å². The molecule has 5 atom stereocenters. The first kappa shape index (κ1) is 24.8. The maximum Gasteiger partial charge on any atom is 0.305 e. The van der Waals surface area contributed by atoms with E-state index in [1.54, 1.807) is 18.2 Å². The summed E-state index contributed by atoms with van der Waals surface area (Å²) in [5.41, 5.74) is -2.14. The Labute approximate surface area is 183 Å². The number of ether oxygens (including phenoxy) is 6. The van der Waals surface area contributed by atoms with Gasteiger partial charge in [0.1, 0.15) is 18.5 Å². The Morgan fingerprint density at radius 2 is 1.50 bits per heavy atom. The Kier molecular flexibility index (Phi) is 8.30. The fourth-order valence-corrected chi connectivity index (χ4v) is 3.18. The summed E-state index contributed by atoms with van der Waals surface area (Å²) in [7, 11) is 0. The van der Waals surface area contributed by atoms with Crippen LogP contribution in [0.2, 0.25) is 0 Å². The summed E-state index contributed by atoms with van der Waals surface area (Å²) in [5.74, 6) is -2.98. The van der Waals surface area contributed by atoms with E-state index in [-0.39, 0.29) is 5.75 Å². The van der Waals surface area contributed by atoms with Crippen molar-refractivity contribution in [1.29, 1.82) is 0 Å². The molecule has 11 heteroatoms. The Morgan fingerprint density at radius 1 is 0.906 bits per heavy atom. The minimum Gasteiger partial charge on any atom is -0.473 e. The fraction of sp³-hybridized carbons (Fsp3) is 0.476. The molecule has 0 aromatic heterocycles. The quantitative estimate of drug-likeness (QED) is 0.313. The van der Waals surface area contributed by atoms with Crippen molar-refractivity contribution in [2.75, 3.05) is 6.61 Å². The summed E-state index contributed by atoms with van der Waals surface area (Å²) < 4.78 is 32.3.